The summed E-state index contributed by atoms with van der Waals surface area (Å²) in [7, 11) is 0. The maximum Gasteiger partial charge on any atom is 0.272 e. The van der Waals surface area contributed by atoms with Crippen LogP contribution in [-0.2, 0) is 6.42 Å². The quantitative estimate of drug-likeness (QED) is 0.437. The molecule has 1 aromatic carbocycles. The van der Waals surface area contributed by atoms with Crippen molar-refractivity contribution in [2.75, 3.05) is 0 Å². The highest BCUT2D eigenvalue weighted by molar-refractivity contribution is 6.30. The minimum Gasteiger partial charge on any atom is -0.258 e. The van der Waals surface area contributed by atoms with E-state index < -0.39 is 0 Å². The summed E-state index contributed by atoms with van der Waals surface area (Å²) in [6, 6.07) is 4.70. The molecule has 0 aromatic heterocycles. The van der Waals surface area contributed by atoms with Gasteiger partial charge in [-0.2, -0.15) is 0 Å². The molecule has 0 spiro atoms. The van der Waals surface area contributed by atoms with Gasteiger partial charge >= 0.3 is 0 Å². The van der Waals surface area contributed by atoms with Crippen LogP contribution in [0.4, 0.5) is 5.69 Å². The van der Waals surface area contributed by atoms with E-state index in [0.29, 0.717) is 22.9 Å². The predicted octanol–water partition coefficient (Wildman–Crippen LogP) is 4.98. The molecule has 1 aliphatic carbocycles. The zero-order chi connectivity index (χ0) is 13.8. The van der Waals surface area contributed by atoms with Crippen molar-refractivity contribution in [3.8, 4) is 0 Å². The van der Waals surface area contributed by atoms with E-state index in [4.69, 9.17) is 23.2 Å². The van der Waals surface area contributed by atoms with Gasteiger partial charge in [0.15, 0.2) is 0 Å². The van der Waals surface area contributed by atoms with Crippen LogP contribution in [0.5, 0.6) is 0 Å². The maximum atomic E-state index is 11.0. The first-order valence-electron chi connectivity index (χ1n) is 6.65. The van der Waals surface area contributed by atoms with Crippen molar-refractivity contribution < 1.29 is 4.92 Å². The van der Waals surface area contributed by atoms with Gasteiger partial charge in [-0.1, -0.05) is 24.4 Å². The molecular formula is C14H17Cl2NO2. The van der Waals surface area contributed by atoms with Crippen LogP contribution in [0, 0.1) is 16.0 Å². The summed E-state index contributed by atoms with van der Waals surface area (Å²) in [5.41, 5.74) is 0.820. The second kappa shape index (κ2) is 6.58. The van der Waals surface area contributed by atoms with Crippen LogP contribution in [0.2, 0.25) is 5.02 Å². The number of nitro benzene ring substituents is 1. The lowest BCUT2D eigenvalue weighted by molar-refractivity contribution is -0.385. The van der Waals surface area contributed by atoms with E-state index >= 15 is 0 Å². The Balaban J connectivity index is 2.01. The number of nitrogens with zero attached hydrogens (tertiary/aromatic N) is 1. The van der Waals surface area contributed by atoms with Crippen molar-refractivity contribution in [1.82, 2.24) is 0 Å². The average molecular weight is 302 g/mol. The SMILES string of the molecule is O=[N+]([O-])c1ccc(Cl)cc1CCC(Cl)C1CCCC1. The van der Waals surface area contributed by atoms with Gasteiger partial charge in [0.2, 0.25) is 0 Å². The summed E-state index contributed by atoms with van der Waals surface area (Å²) in [6.07, 6.45) is 6.27. The molecule has 0 bridgehead atoms. The number of halogens is 2. The fourth-order valence-corrected chi connectivity index (χ4v) is 3.34. The Morgan fingerprint density at radius 1 is 1.37 bits per heavy atom. The Morgan fingerprint density at radius 2 is 2.05 bits per heavy atom. The highest BCUT2D eigenvalue weighted by Crippen LogP contribution is 2.33. The van der Waals surface area contributed by atoms with Gasteiger partial charge in [0, 0.05) is 22.0 Å². The molecule has 104 valence electrons. The first kappa shape index (κ1) is 14.6. The van der Waals surface area contributed by atoms with Crippen LogP contribution < -0.4 is 0 Å². The maximum absolute atomic E-state index is 11.0. The first-order chi connectivity index (χ1) is 9.08. The van der Waals surface area contributed by atoms with Crippen LogP contribution in [0.25, 0.3) is 0 Å². The fraction of sp³-hybridized carbons (Fsp3) is 0.571. The lowest BCUT2D eigenvalue weighted by atomic mass is 9.97. The number of hydrogen-bond donors (Lipinski definition) is 0. The summed E-state index contributed by atoms with van der Waals surface area (Å²) >= 11 is 12.3. The van der Waals surface area contributed by atoms with Gasteiger partial charge in [0.05, 0.1) is 4.92 Å². The van der Waals surface area contributed by atoms with Crippen molar-refractivity contribution in [2.24, 2.45) is 5.92 Å². The lowest BCUT2D eigenvalue weighted by Gasteiger charge is -2.16. The van der Waals surface area contributed by atoms with E-state index in [2.05, 4.69) is 0 Å². The third kappa shape index (κ3) is 3.83. The minimum atomic E-state index is -0.357. The number of rotatable bonds is 5. The number of nitro groups is 1. The van der Waals surface area contributed by atoms with E-state index in [-0.39, 0.29) is 16.0 Å². The van der Waals surface area contributed by atoms with Gasteiger partial charge in [-0.15, -0.1) is 11.6 Å². The molecule has 0 radical (unpaired) electrons. The van der Waals surface area contributed by atoms with Crippen molar-refractivity contribution in [2.45, 2.75) is 43.9 Å². The van der Waals surface area contributed by atoms with Gasteiger partial charge in [-0.05, 0) is 43.7 Å². The van der Waals surface area contributed by atoms with Crippen LogP contribution in [0.15, 0.2) is 18.2 Å². The number of hydrogen-bond acceptors (Lipinski definition) is 2. The number of aryl methyl sites for hydroxylation is 1. The lowest BCUT2D eigenvalue weighted by Crippen LogP contribution is -2.12. The van der Waals surface area contributed by atoms with E-state index in [1.807, 2.05) is 0 Å². The van der Waals surface area contributed by atoms with Crippen molar-refractivity contribution in [3.63, 3.8) is 0 Å². The molecule has 5 heteroatoms. The number of alkyl halides is 1. The van der Waals surface area contributed by atoms with Crippen LogP contribution >= 0.6 is 23.2 Å². The normalized spacial score (nSPS) is 17.6. The van der Waals surface area contributed by atoms with E-state index in [1.165, 1.54) is 31.7 Å². The Kier molecular flexibility index (Phi) is 5.06. The largest absolute Gasteiger partial charge is 0.272 e. The molecule has 1 atom stereocenters. The summed E-state index contributed by atoms with van der Waals surface area (Å²) in [5.74, 6) is 0.569. The standard InChI is InChI=1S/C14H17Cl2NO2/c15-12-6-8-14(17(18)19)11(9-12)5-7-13(16)10-3-1-2-4-10/h6,8-10,13H,1-5,7H2. The molecule has 0 aliphatic heterocycles. The first-order valence-corrected chi connectivity index (χ1v) is 7.46. The topological polar surface area (TPSA) is 43.1 Å². The molecule has 1 saturated carbocycles. The third-order valence-corrected chi connectivity index (χ3v) is 4.65. The fourth-order valence-electron chi connectivity index (χ4n) is 2.78. The molecule has 3 nitrogen and oxygen atoms in total. The molecule has 0 amide bonds. The van der Waals surface area contributed by atoms with Gasteiger partial charge in [-0.3, -0.25) is 10.1 Å². The van der Waals surface area contributed by atoms with E-state index in [9.17, 15) is 10.1 Å². The molecule has 0 N–H and O–H groups in total. The predicted molar refractivity (Wildman–Crippen MR) is 78.0 cm³/mol. The van der Waals surface area contributed by atoms with Gasteiger partial charge in [-0.25, -0.2) is 0 Å². The van der Waals surface area contributed by atoms with Gasteiger partial charge in [0.1, 0.15) is 0 Å². The van der Waals surface area contributed by atoms with Crippen molar-refractivity contribution >= 4 is 28.9 Å². The highest BCUT2D eigenvalue weighted by atomic mass is 35.5. The van der Waals surface area contributed by atoms with Gasteiger partial charge in [0.25, 0.3) is 5.69 Å². The van der Waals surface area contributed by atoms with Crippen molar-refractivity contribution in [1.29, 1.82) is 0 Å². The van der Waals surface area contributed by atoms with Crippen LogP contribution in [-0.4, -0.2) is 10.3 Å². The zero-order valence-electron chi connectivity index (χ0n) is 10.6. The summed E-state index contributed by atoms with van der Waals surface area (Å²) < 4.78 is 0. The van der Waals surface area contributed by atoms with E-state index in [0.717, 1.165) is 6.42 Å². The number of benzene rings is 1. The molecule has 1 aromatic rings. The second-order valence-corrected chi connectivity index (χ2v) is 6.13. The van der Waals surface area contributed by atoms with Crippen LogP contribution in [0.1, 0.15) is 37.7 Å². The van der Waals surface area contributed by atoms with E-state index in [1.54, 1.807) is 12.1 Å². The average Bonchev–Trinajstić information content (AvgIpc) is 2.89. The molecule has 19 heavy (non-hydrogen) atoms. The highest BCUT2D eigenvalue weighted by Gasteiger charge is 2.24. The molecule has 1 aliphatic rings. The monoisotopic (exact) mass is 301 g/mol. The Hall–Kier alpha value is -0.800. The van der Waals surface area contributed by atoms with Crippen molar-refractivity contribution in [3.05, 3.63) is 38.9 Å². The molecule has 1 unspecified atom stereocenters. The smallest absolute Gasteiger partial charge is 0.258 e. The second-order valence-electron chi connectivity index (χ2n) is 5.13. The molecule has 1 fully saturated rings. The molecule has 2 rings (SSSR count). The molecule has 0 saturated heterocycles. The van der Waals surface area contributed by atoms with Gasteiger partial charge < -0.3 is 0 Å². The Bertz CT molecular complexity index is 459. The molecular weight excluding hydrogens is 285 g/mol. The third-order valence-electron chi connectivity index (χ3n) is 3.84. The Morgan fingerprint density at radius 3 is 2.68 bits per heavy atom. The minimum absolute atomic E-state index is 0.112. The summed E-state index contributed by atoms with van der Waals surface area (Å²) in [4.78, 5) is 10.6. The Labute approximate surface area is 123 Å². The molecule has 0 heterocycles. The summed E-state index contributed by atoms with van der Waals surface area (Å²) in [5, 5.41) is 11.6. The summed E-state index contributed by atoms with van der Waals surface area (Å²) in [6.45, 7) is 0. The zero-order valence-corrected chi connectivity index (χ0v) is 12.2. The van der Waals surface area contributed by atoms with Crippen LogP contribution in [0.3, 0.4) is 0 Å².